The molecule has 0 aromatic rings. The predicted octanol–water partition coefficient (Wildman–Crippen LogP) is 2.28. The smallest absolute Gasteiger partial charge is 0.306 e. The number of hydrogen-bond donors (Lipinski definition) is 1. The van der Waals surface area contributed by atoms with E-state index in [4.69, 9.17) is 5.11 Å². The first kappa shape index (κ1) is 13.7. The second-order valence-corrected chi connectivity index (χ2v) is 2.59. The minimum Gasteiger partial charge on any atom is -0.481 e. The van der Waals surface area contributed by atoms with Gasteiger partial charge in [0.05, 0.1) is 5.92 Å². The maximum Gasteiger partial charge on any atom is 0.306 e. The van der Waals surface area contributed by atoms with Gasteiger partial charge in [0, 0.05) is 20.1 Å². The van der Waals surface area contributed by atoms with Crippen LogP contribution in [0.25, 0.3) is 0 Å². The molecular formula is C8H16IrO2. The minimum atomic E-state index is -0.643. The van der Waals surface area contributed by atoms with E-state index in [-0.39, 0.29) is 26.0 Å². The third-order valence-corrected chi connectivity index (χ3v) is 1.75. The average molecular weight is 336 g/mol. The predicted molar refractivity (Wildman–Crippen MR) is 40.9 cm³/mol. The van der Waals surface area contributed by atoms with Crippen LogP contribution in [-0.2, 0) is 24.9 Å². The molecule has 2 nitrogen and oxygen atoms in total. The van der Waals surface area contributed by atoms with E-state index in [2.05, 4.69) is 6.92 Å². The molecule has 0 spiro atoms. The van der Waals surface area contributed by atoms with E-state index in [0.29, 0.717) is 0 Å². The van der Waals surface area contributed by atoms with E-state index in [1.165, 1.54) is 0 Å². The molecule has 69 valence electrons. The number of unbranched alkanes of at least 4 members (excludes halogenated alkanes) is 1. The summed E-state index contributed by atoms with van der Waals surface area (Å²) >= 11 is 0. The summed E-state index contributed by atoms with van der Waals surface area (Å²) in [5.74, 6) is -0.754. The molecule has 0 bridgehead atoms. The molecule has 3 heteroatoms. The molecule has 1 radical (unpaired) electrons. The minimum absolute atomic E-state index is 0. The normalized spacial score (nSPS) is 11.8. The third kappa shape index (κ3) is 6.51. The van der Waals surface area contributed by atoms with Crippen LogP contribution >= 0.6 is 0 Å². The Kier molecular flexibility index (Phi) is 10.2. The zero-order valence-corrected chi connectivity index (χ0v) is 9.49. The Bertz CT molecular complexity index is 104. The molecule has 0 aliphatic heterocycles. The van der Waals surface area contributed by atoms with Gasteiger partial charge < -0.3 is 5.11 Å². The molecule has 0 aliphatic rings. The van der Waals surface area contributed by atoms with Crippen LogP contribution in [0.1, 0.15) is 39.5 Å². The number of rotatable bonds is 5. The van der Waals surface area contributed by atoms with Crippen LogP contribution in [0.3, 0.4) is 0 Å². The van der Waals surface area contributed by atoms with Crippen LogP contribution in [0, 0.1) is 5.92 Å². The van der Waals surface area contributed by atoms with Crippen LogP contribution < -0.4 is 0 Å². The molecule has 1 N–H and O–H groups in total. The van der Waals surface area contributed by atoms with Gasteiger partial charge in [-0.2, -0.15) is 0 Å². The third-order valence-electron chi connectivity index (χ3n) is 1.75. The van der Waals surface area contributed by atoms with Crippen LogP contribution in [0.4, 0.5) is 0 Å². The number of carboxylic acid groups (broad SMARTS) is 1. The Hall–Kier alpha value is 0.119. The molecule has 0 aliphatic carbocycles. The molecule has 0 fully saturated rings. The summed E-state index contributed by atoms with van der Waals surface area (Å²) in [6.45, 7) is 4.00. The summed E-state index contributed by atoms with van der Waals surface area (Å²) < 4.78 is 0. The molecule has 0 amide bonds. The number of carboxylic acids is 1. The maximum atomic E-state index is 10.4. The first-order valence-electron chi connectivity index (χ1n) is 3.95. The zero-order chi connectivity index (χ0) is 7.98. The molecule has 0 saturated carbocycles. The van der Waals surface area contributed by atoms with Gasteiger partial charge in [0.2, 0.25) is 0 Å². The van der Waals surface area contributed by atoms with E-state index in [1.54, 1.807) is 0 Å². The van der Waals surface area contributed by atoms with Gasteiger partial charge in [0.25, 0.3) is 0 Å². The quantitative estimate of drug-likeness (QED) is 0.836. The molecule has 0 aromatic heterocycles. The van der Waals surface area contributed by atoms with Crippen molar-refractivity contribution in [1.82, 2.24) is 0 Å². The van der Waals surface area contributed by atoms with Crippen molar-refractivity contribution in [3.05, 3.63) is 0 Å². The molecule has 1 unspecified atom stereocenters. The van der Waals surface area contributed by atoms with Gasteiger partial charge in [-0.1, -0.05) is 26.7 Å². The van der Waals surface area contributed by atoms with Gasteiger partial charge in [-0.3, -0.25) is 4.79 Å². The van der Waals surface area contributed by atoms with Gasteiger partial charge >= 0.3 is 5.97 Å². The first-order valence-corrected chi connectivity index (χ1v) is 3.95. The molecule has 1 atom stereocenters. The van der Waals surface area contributed by atoms with E-state index >= 15 is 0 Å². The van der Waals surface area contributed by atoms with E-state index < -0.39 is 5.97 Å². The fourth-order valence-corrected chi connectivity index (χ4v) is 0.953. The number of aliphatic carboxylic acids is 1. The fraction of sp³-hybridized carbons (Fsp3) is 0.875. The summed E-state index contributed by atoms with van der Waals surface area (Å²) in [6, 6.07) is 0. The Labute approximate surface area is 81.7 Å². The van der Waals surface area contributed by atoms with Gasteiger partial charge in [-0.05, 0) is 12.8 Å². The Morgan fingerprint density at radius 1 is 1.45 bits per heavy atom. The van der Waals surface area contributed by atoms with Crippen LogP contribution in [-0.4, -0.2) is 11.1 Å². The van der Waals surface area contributed by atoms with Crippen molar-refractivity contribution >= 4 is 5.97 Å². The van der Waals surface area contributed by atoms with Crippen molar-refractivity contribution in [2.45, 2.75) is 39.5 Å². The van der Waals surface area contributed by atoms with Gasteiger partial charge in [0.1, 0.15) is 0 Å². The monoisotopic (exact) mass is 337 g/mol. The standard InChI is InChI=1S/C8H16O2.Ir/c1-3-5-6-7(4-2)8(9)10;/h7H,3-6H2,1-2H3,(H,9,10);. The van der Waals surface area contributed by atoms with Crippen LogP contribution in [0.15, 0.2) is 0 Å². The SMILES string of the molecule is CCCCC(CC)C(=O)O.[Ir]. The molecular weight excluding hydrogens is 320 g/mol. The summed E-state index contributed by atoms with van der Waals surface area (Å²) in [5, 5.41) is 8.60. The van der Waals surface area contributed by atoms with E-state index in [0.717, 1.165) is 25.7 Å². The summed E-state index contributed by atoms with van der Waals surface area (Å²) in [7, 11) is 0. The van der Waals surface area contributed by atoms with Crippen molar-refractivity contribution in [2.24, 2.45) is 5.92 Å². The van der Waals surface area contributed by atoms with Crippen LogP contribution in [0.5, 0.6) is 0 Å². The average Bonchev–Trinajstić information content (AvgIpc) is 1.89. The molecule has 0 heterocycles. The molecule has 0 aromatic carbocycles. The van der Waals surface area contributed by atoms with Crippen molar-refractivity contribution in [2.75, 3.05) is 0 Å². The van der Waals surface area contributed by atoms with Crippen LogP contribution in [0.2, 0.25) is 0 Å². The number of carbonyl (C=O) groups is 1. The first-order chi connectivity index (χ1) is 4.72. The van der Waals surface area contributed by atoms with Crippen molar-refractivity contribution < 1.29 is 30.0 Å². The second kappa shape index (κ2) is 8.22. The summed E-state index contributed by atoms with van der Waals surface area (Å²) in [6.07, 6.45) is 3.71. The van der Waals surface area contributed by atoms with Crippen molar-refractivity contribution in [3.63, 3.8) is 0 Å². The molecule has 0 rings (SSSR count). The Morgan fingerprint density at radius 2 is 2.00 bits per heavy atom. The topological polar surface area (TPSA) is 37.3 Å². The number of hydrogen-bond acceptors (Lipinski definition) is 1. The van der Waals surface area contributed by atoms with Crippen molar-refractivity contribution in [3.8, 4) is 0 Å². The Balaban J connectivity index is 0. The van der Waals surface area contributed by atoms with E-state index in [9.17, 15) is 4.79 Å². The second-order valence-electron chi connectivity index (χ2n) is 2.59. The fourth-order valence-electron chi connectivity index (χ4n) is 0.953. The Morgan fingerprint density at radius 3 is 2.27 bits per heavy atom. The van der Waals surface area contributed by atoms with Gasteiger partial charge in [-0.25, -0.2) is 0 Å². The summed E-state index contributed by atoms with van der Waals surface area (Å²) in [4.78, 5) is 10.4. The maximum absolute atomic E-state index is 10.4. The zero-order valence-electron chi connectivity index (χ0n) is 7.09. The van der Waals surface area contributed by atoms with Gasteiger partial charge in [0.15, 0.2) is 0 Å². The van der Waals surface area contributed by atoms with Gasteiger partial charge in [-0.15, -0.1) is 0 Å². The summed E-state index contributed by atoms with van der Waals surface area (Å²) in [5.41, 5.74) is 0. The molecule has 11 heavy (non-hydrogen) atoms. The molecule has 0 saturated heterocycles. The largest absolute Gasteiger partial charge is 0.481 e. The van der Waals surface area contributed by atoms with Crippen molar-refractivity contribution in [1.29, 1.82) is 0 Å². The van der Waals surface area contributed by atoms with E-state index in [1.807, 2.05) is 6.92 Å².